The molecule has 0 aliphatic rings. The Morgan fingerprint density at radius 1 is 0.350 bits per heavy atom. The van der Waals surface area contributed by atoms with Crippen LogP contribution in [0.5, 0.6) is 0 Å². The molecule has 1 radical (unpaired) electrons. The summed E-state index contributed by atoms with van der Waals surface area (Å²) in [6.07, 6.45) is 0. The molecule has 40 heavy (non-hydrogen) atoms. The maximum absolute atomic E-state index is 14.8. The summed E-state index contributed by atoms with van der Waals surface area (Å²) in [5, 5.41) is 32.4. The predicted molar refractivity (Wildman–Crippen MR) is 99.3 cm³/mol. The molecule has 9 nitrogen and oxygen atoms in total. The first kappa shape index (κ1) is 29.6. The lowest BCUT2D eigenvalue weighted by Gasteiger charge is -2.22. The molecule has 0 unspecified atom stereocenters. The molecular formula is C19F12N3O6. The van der Waals surface area contributed by atoms with Crippen LogP contribution in [0.1, 0.15) is 16.7 Å². The smallest absolute Gasteiger partial charge is 0.258 e. The van der Waals surface area contributed by atoms with Gasteiger partial charge >= 0.3 is 17.1 Å². The SMILES string of the molecule is O=[N+]([O-])c1c(F)c(F)c([C](c2c(F)c(F)c([N+](=O)[O-])c(F)c2F)c2c(F)c(F)c([N+](=O)[O-])c(F)c2F)c(F)c1F. The first-order valence-electron chi connectivity index (χ1n) is 9.28. The number of hydrogen-bond donors (Lipinski definition) is 0. The van der Waals surface area contributed by atoms with Crippen molar-refractivity contribution in [1.82, 2.24) is 0 Å². The summed E-state index contributed by atoms with van der Waals surface area (Å²) >= 11 is 0. The minimum atomic E-state index is -3.21. The van der Waals surface area contributed by atoms with Gasteiger partial charge in [-0.3, -0.25) is 30.3 Å². The van der Waals surface area contributed by atoms with E-state index in [0.717, 1.165) is 0 Å². The molecule has 0 bridgehead atoms. The van der Waals surface area contributed by atoms with Crippen molar-refractivity contribution in [3.05, 3.63) is 123 Å². The van der Waals surface area contributed by atoms with Crippen LogP contribution in [0.4, 0.5) is 69.7 Å². The fraction of sp³-hybridized carbons (Fsp3) is 0. The largest absolute Gasteiger partial charge is 0.346 e. The molecule has 3 aromatic rings. The van der Waals surface area contributed by atoms with Crippen molar-refractivity contribution in [2.24, 2.45) is 0 Å². The lowest BCUT2D eigenvalue weighted by molar-refractivity contribution is -0.390. The molecule has 0 aliphatic carbocycles. The van der Waals surface area contributed by atoms with Gasteiger partial charge in [0.05, 0.1) is 20.7 Å². The average molecular weight is 594 g/mol. The van der Waals surface area contributed by atoms with Gasteiger partial charge in [0.15, 0.2) is 34.9 Å². The Hall–Kier alpha value is -4.98. The van der Waals surface area contributed by atoms with Crippen molar-refractivity contribution in [3.63, 3.8) is 0 Å². The molecule has 0 fully saturated rings. The second-order valence-electron chi connectivity index (χ2n) is 7.08. The highest BCUT2D eigenvalue weighted by atomic mass is 19.2. The molecule has 0 saturated carbocycles. The van der Waals surface area contributed by atoms with Gasteiger partial charge in [-0.15, -0.1) is 0 Å². The van der Waals surface area contributed by atoms with Crippen molar-refractivity contribution < 1.29 is 67.5 Å². The number of halogens is 12. The standard InChI is InChI=1S/C19F12N3O6/c20-5-2(6(21)12(27)17(11(5)26)32(35)36)1(3-7(22)13(28)18(33(37)38)14(29)8(3)23)4-9(24)15(30)19(34(39)40)16(31)10(4)25. The molecule has 0 amide bonds. The van der Waals surface area contributed by atoms with E-state index in [-0.39, 0.29) is 0 Å². The Kier molecular flexibility index (Phi) is 7.37. The minimum Gasteiger partial charge on any atom is -0.258 e. The van der Waals surface area contributed by atoms with E-state index in [0.29, 0.717) is 0 Å². The van der Waals surface area contributed by atoms with E-state index < -0.39 is 124 Å². The Bertz CT molecular complexity index is 1400. The summed E-state index contributed by atoms with van der Waals surface area (Å²) in [6.45, 7) is 0. The lowest BCUT2D eigenvalue weighted by Crippen LogP contribution is -2.22. The molecule has 3 rings (SSSR count). The van der Waals surface area contributed by atoms with Gasteiger partial charge in [0, 0.05) is 16.7 Å². The molecule has 0 N–H and O–H groups in total. The van der Waals surface area contributed by atoms with Crippen molar-refractivity contribution in [1.29, 1.82) is 0 Å². The van der Waals surface area contributed by atoms with Gasteiger partial charge in [0.25, 0.3) is 0 Å². The molecule has 0 aromatic heterocycles. The summed E-state index contributed by atoms with van der Waals surface area (Å²) in [6, 6.07) is 0. The maximum atomic E-state index is 14.8. The van der Waals surface area contributed by atoms with Crippen molar-refractivity contribution in [3.8, 4) is 0 Å². The zero-order valence-electron chi connectivity index (χ0n) is 17.8. The fourth-order valence-corrected chi connectivity index (χ4v) is 3.37. The lowest BCUT2D eigenvalue weighted by atomic mass is 9.82. The first-order valence-corrected chi connectivity index (χ1v) is 9.28. The highest BCUT2D eigenvalue weighted by Gasteiger charge is 2.46. The van der Waals surface area contributed by atoms with Crippen LogP contribution in [0.15, 0.2) is 0 Å². The molecule has 0 atom stereocenters. The number of benzene rings is 3. The number of rotatable bonds is 6. The van der Waals surface area contributed by atoms with E-state index in [1.165, 1.54) is 0 Å². The summed E-state index contributed by atoms with van der Waals surface area (Å²) in [4.78, 5) is 26.0. The summed E-state index contributed by atoms with van der Waals surface area (Å²) in [5.41, 5.74) is -16.8. The molecule has 0 spiro atoms. The molecule has 211 valence electrons. The van der Waals surface area contributed by atoms with Gasteiger partial charge < -0.3 is 0 Å². The van der Waals surface area contributed by atoms with Gasteiger partial charge in [-0.2, -0.15) is 26.3 Å². The molecule has 3 aromatic carbocycles. The highest BCUT2D eigenvalue weighted by Crippen LogP contribution is 2.46. The zero-order valence-corrected chi connectivity index (χ0v) is 17.8. The fourth-order valence-electron chi connectivity index (χ4n) is 3.37. The van der Waals surface area contributed by atoms with E-state index >= 15 is 0 Å². The second kappa shape index (κ2) is 9.96. The van der Waals surface area contributed by atoms with Crippen molar-refractivity contribution in [2.45, 2.75) is 0 Å². The van der Waals surface area contributed by atoms with Gasteiger partial charge in [-0.05, 0) is 0 Å². The molecular weight excluding hydrogens is 594 g/mol. The Labute approximate surface area is 208 Å². The molecule has 0 saturated heterocycles. The normalized spacial score (nSPS) is 11.3. The van der Waals surface area contributed by atoms with Gasteiger partial charge in [0.1, 0.15) is 0 Å². The minimum absolute atomic E-state index is 2.13. The van der Waals surface area contributed by atoms with Crippen LogP contribution >= 0.6 is 0 Å². The van der Waals surface area contributed by atoms with E-state index in [1.54, 1.807) is 0 Å². The summed E-state index contributed by atoms with van der Waals surface area (Å²) in [5.74, 6) is -40.8. The summed E-state index contributed by atoms with van der Waals surface area (Å²) < 4.78 is 175. The zero-order chi connectivity index (χ0) is 30.7. The van der Waals surface area contributed by atoms with E-state index in [4.69, 9.17) is 0 Å². The number of hydrogen-bond acceptors (Lipinski definition) is 6. The third-order valence-electron chi connectivity index (χ3n) is 5.02. The second-order valence-corrected chi connectivity index (χ2v) is 7.08. The van der Waals surface area contributed by atoms with Crippen LogP contribution in [-0.4, -0.2) is 14.8 Å². The van der Waals surface area contributed by atoms with Crippen LogP contribution < -0.4 is 0 Å². The quantitative estimate of drug-likeness (QED) is 0.112. The van der Waals surface area contributed by atoms with Crippen LogP contribution in [0.2, 0.25) is 0 Å². The summed E-state index contributed by atoms with van der Waals surface area (Å²) in [7, 11) is 0. The van der Waals surface area contributed by atoms with Crippen LogP contribution in [0.3, 0.4) is 0 Å². The van der Waals surface area contributed by atoms with Crippen molar-refractivity contribution >= 4 is 17.1 Å². The van der Waals surface area contributed by atoms with Crippen LogP contribution in [0.25, 0.3) is 0 Å². The molecule has 0 heterocycles. The number of nitrogens with zero attached hydrogens (tertiary/aromatic N) is 3. The first-order chi connectivity index (χ1) is 18.4. The van der Waals surface area contributed by atoms with Gasteiger partial charge in [-0.1, -0.05) is 0 Å². The highest BCUT2D eigenvalue weighted by molar-refractivity contribution is 5.64. The Morgan fingerprint density at radius 2 is 0.500 bits per heavy atom. The van der Waals surface area contributed by atoms with Gasteiger partial charge in [0.2, 0.25) is 34.9 Å². The van der Waals surface area contributed by atoms with Crippen LogP contribution in [-0.2, 0) is 0 Å². The topological polar surface area (TPSA) is 129 Å². The Morgan fingerprint density at radius 3 is 0.625 bits per heavy atom. The average Bonchev–Trinajstić information content (AvgIpc) is 2.85. The van der Waals surface area contributed by atoms with E-state index in [2.05, 4.69) is 0 Å². The van der Waals surface area contributed by atoms with E-state index in [9.17, 15) is 83.0 Å². The predicted octanol–water partition coefficient (Wildman–Crippen LogP) is 6.10. The third-order valence-corrected chi connectivity index (χ3v) is 5.02. The van der Waals surface area contributed by atoms with E-state index in [1.807, 2.05) is 0 Å². The van der Waals surface area contributed by atoms with Gasteiger partial charge in [-0.25, -0.2) is 26.3 Å². The van der Waals surface area contributed by atoms with Crippen LogP contribution in [0, 0.1) is 106 Å². The van der Waals surface area contributed by atoms with Crippen molar-refractivity contribution in [2.75, 3.05) is 0 Å². The number of nitro benzene ring substituents is 3. The Balaban J connectivity index is 2.73. The number of nitro groups is 3. The molecule has 21 heteroatoms. The molecule has 0 aliphatic heterocycles. The monoisotopic (exact) mass is 594 g/mol. The third kappa shape index (κ3) is 4.09. The maximum Gasteiger partial charge on any atom is 0.346 e.